The van der Waals surface area contributed by atoms with Gasteiger partial charge in [-0.25, -0.2) is 14.6 Å². The summed E-state index contributed by atoms with van der Waals surface area (Å²) in [4.78, 5) is 33.9. The minimum atomic E-state index is -1.04. The van der Waals surface area contributed by atoms with Gasteiger partial charge in [-0.1, -0.05) is 58.0 Å². The van der Waals surface area contributed by atoms with E-state index in [0.717, 1.165) is 47.1 Å². The minimum Gasteiger partial charge on any atom is -0.478 e. The standard InChI is InChI=1S/C33H30N2O4S/c1-32(2)13-15-35-16-14-33(3,4)26-27(35)21(32)17-20-24(18-9-5-6-10-19(18)30(36)37)25(31(38)39-28(20)26)29-34-22-11-7-8-12-23(22)40-29/h5-12,17H,13-16H2,1-4H3,(H,36,37). The van der Waals surface area contributed by atoms with Crippen molar-refractivity contribution in [2.45, 2.75) is 51.4 Å². The smallest absolute Gasteiger partial charge is 0.347 e. The number of nitrogens with zero attached hydrogens (tertiary/aromatic N) is 2. The van der Waals surface area contributed by atoms with E-state index >= 15 is 0 Å². The number of para-hydroxylation sites is 1. The van der Waals surface area contributed by atoms with Crippen LogP contribution in [0.25, 0.3) is 42.9 Å². The van der Waals surface area contributed by atoms with Crippen LogP contribution in [0.2, 0.25) is 0 Å². The van der Waals surface area contributed by atoms with Crippen molar-refractivity contribution >= 4 is 44.2 Å². The number of benzene rings is 3. The molecule has 3 aromatic carbocycles. The SMILES string of the molecule is CC1(C)CCN2CCC(C)(C)c3c2c1cc1c(-c2ccccc2C(=O)O)c(-c2nc4ccccc4s2)c(=O)oc31. The van der Waals surface area contributed by atoms with Gasteiger partial charge in [0.1, 0.15) is 16.2 Å². The van der Waals surface area contributed by atoms with Gasteiger partial charge in [0, 0.05) is 35.3 Å². The van der Waals surface area contributed by atoms with Gasteiger partial charge in [0.2, 0.25) is 0 Å². The van der Waals surface area contributed by atoms with E-state index in [1.807, 2.05) is 30.3 Å². The molecule has 0 aliphatic carbocycles. The lowest BCUT2D eigenvalue weighted by atomic mass is 9.68. The van der Waals surface area contributed by atoms with Crippen molar-refractivity contribution < 1.29 is 14.3 Å². The third-order valence-electron chi connectivity index (χ3n) is 8.84. The molecule has 0 saturated carbocycles. The van der Waals surface area contributed by atoms with Gasteiger partial charge in [-0.2, -0.15) is 0 Å². The second kappa shape index (κ2) is 8.51. The van der Waals surface area contributed by atoms with E-state index in [4.69, 9.17) is 9.40 Å². The quantitative estimate of drug-likeness (QED) is 0.233. The first-order valence-electron chi connectivity index (χ1n) is 13.7. The highest BCUT2D eigenvalue weighted by atomic mass is 32.1. The predicted molar refractivity (Wildman–Crippen MR) is 161 cm³/mol. The van der Waals surface area contributed by atoms with Gasteiger partial charge in [0.05, 0.1) is 15.8 Å². The van der Waals surface area contributed by atoms with Gasteiger partial charge in [-0.05, 0) is 59.1 Å². The number of aromatic nitrogens is 1. The minimum absolute atomic E-state index is 0.0993. The van der Waals surface area contributed by atoms with Gasteiger partial charge in [0.15, 0.2) is 0 Å². The maximum Gasteiger partial charge on any atom is 0.347 e. The van der Waals surface area contributed by atoms with E-state index in [1.54, 1.807) is 18.2 Å². The fourth-order valence-corrected chi connectivity index (χ4v) is 7.57. The molecular weight excluding hydrogens is 520 g/mol. The molecule has 0 amide bonds. The van der Waals surface area contributed by atoms with Crippen LogP contribution in [0.15, 0.2) is 63.8 Å². The fourth-order valence-electron chi connectivity index (χ4n) is 6.56. The molecule has 2 aromatic heterocycles. The normalized spacial score (nSPS) is 17.2. The van der Waals surface area contributed by atoms with Gasteiger partial charge in [-0.15, -0.1) is 11.3 Å². The molecular formula is C33H30N2O4S. The van der Waals surface area contributed by atoms with E-state index in [1.165, 1.54) is 22.6 Å². The molecule has 7 heteroatoms. The monoisotopic (exact) mass is 550 g/mol. The second-order valence-corrected chi connectivity index (χ2v) is 13.3. The predicted octanol–water partition coefficient (Wildman–Crippen LogP) is 7.60. The molecule has 0 spiro atoms. The molecule has 0 saturated heterocycles. The van der Waals surface area contributed by atoms with Crippen LogP contribution in [0.4, 0.5) is 5.69 Å². The highest BCUT2D eigenvalue weighted by Gasteiger charge is 2.42. The van der Waals surface area contributed by atoms with Gasteiger partial charge >= 0.3 is 11.6 Å². The number of carbonyl (C=O) groups is 1. The summed E-state index contributed by atoms with van der Waals surface area (Å²) >= 11 is 1.42. The first kappa shape index (κ1) is 25.0. The molecule has 5 aromatic rings. The lowest BCUT2D eigenvalue weighted by Crippen LogP contribution is -2.44. The van der Waals surface area contributed by atoms with Crippen LogP contribution in [0.1, 0.15) is 62.0 Å². The highest BCUT2D eigenvalue weighted by molar-refractivity contribution is 7.21. The van der Waals surface area contributed by atoms with Crippen molar-refractivity contribution in [1.29, 1.82) is 0 Å². The Balaban J connectivity index is 1.71. The zero-order valence-corrected chi connectivity index (χ0v) is 23.8. The van der Waals surface area contributed by atoms with Gasteiger partial charge < -0.3 is 14.4 Å². The number of hydrogen-bond donors (Lipinski definition) is 1. The van der Waals surface area contributed by atoms with Crippen molar-refractivity contribution in [3.8, 4) is 21.7 Å². The first-order valence-corrected chi connectivity index (χ1v) is 14.5. The van der Waals surface area contributed by atoms with Crippen LogP contribution in [0, 0.1) is 0 Å². The van der Waals surface area contributed by atoms with Crippen molar-refractivity contribution in [2.75, 3.05) is 18.0 Å². The van der Waals surface area contributed by atoms with Crippen molar-refractivity contribution in [2.24, 2.45) is 0 Å². The average molecular weight is 551 g/mol. The van der Waals surface area contributed by atoms with Crippen molar-refractivity contribution in [3.05, 3.63) is 81.7 Å². The maximum atomic E-state index is 14.1. The largest absolute Gasteiger partial charge is 0.478 e. The Labute approximate surface area is 235 Å². The number of thiazole rings is 1. The van der Waals surface area contributed by atoms with Crippen LogP contribution in [0.3, 0.4) is 0 Å². The molecule has 40 heavy (non-hydrogen) atoms. The summed E-state index contributed by atoms with van der Waals surface area (Å²) in [5.74, 6) is -1.04. The summed E-state index contributed by atoms with van der Waals surface area (Å²) in [5.41, 5.74) is 5.47. The number of carboxylic acids is 1. The summed E-state index contributed by atoms with van der Waals surface area (Å²) in [7, 11) is 0. The molecule has 2 aliphatic heterocycles. The zero-order valence-electron chi connectivity index (χ0n) is 23.0. The number of hydrogen-bond acceptors (Lipinski definition) is 6. The molecule has 0 radical (unpaired) electrons. The van der Waals surface area contributed by atoms with Crippen molar-refractivity contribution in [3.63, 3.8) is 0 Å². The molecule has 0 bridgehead atoms. The molecule has 6 nitrogen and oxygen atoms in total. The Morgan fingerprint density at radius 1 is 0.975 bits per heavy atom. The Morgan fingerprint density at radius 3 is 2.42 bits per heavy atom. The van der Waals surface area contributed by atoms with Crippen LogP contribution < -0.4 is 10.5 Å². The molecule has 2 aliphatic rings. The van der Waals surface area contributed by atoms with Crippen LogP contribution in [0.5, 0.6) is 0 Å². The average Bonchev–Trinajstić information content (AvgIpc) is 3.34. The Kier molecular flexibility index (Phi) is 5.33. The molecule has 0 fully saturated rings. The maximum absolute atomic E-state index is 14.1. The van der Waals surface area contributed by atoms with E-state index in [0.29, 0.717) is 27.3 Å². The topological polar surface area (TPSA) is 83.6 Å². The van der Waals surface area contributed by atoms with Crippen LogP contribution >= 0.6 is 11.3 Å². The second-order valence-electron chi connectivity index (χ2n) is 12.3. The third-order valence-corrected chi connectivity index (χ3v) is 9.89. The Bertz CT molecular complexity index is 1900. The van der Waals surface area contributed by atoms with Crippen LogP contribution in [-0.4, -0.2) is 29.1 Å². The number of aromatic carboxylic acids is 1. The summed E-state index contributed by atoms with van der Waals surface area (Å²) < 4.78 is 7.27. The highest BCUT2D eigenvalue weighted by Crippen LogP contribution is 2.53. The molecule has 202 valence electrons. The van der Waals surface area contributed by atoms with E-state index in [9.17, 15) is 14.7 Å². The summed E-state index contributed by atoms with van der Waals surface area (Å²) in [5, 5.41) is 11.5. The Morgan fingerprint density at radius 2 is 1.68 bits per heavy atom. The third kappa shape index (κ3) is 3.57. The molecule has 1 N–H and O–H groups in total. The van der Waals surface area contributed by atoms with E-state index in [-0.39, 0.29) is 16.4 Å². The van der Waals surface area contributed by atoms with Gasteiger partial charge in [-0.3, -0.25) is 0 Å². The Hall–Kier alpha value is -3.97. The van der Waals surface area contributed by atoms with Crippen LogP contribution in [-0.2, 0) is 10.8 Å². The molecule has 7 rings (SSSR count). The lowest BCUT2D eigenvalue weighted by Gasteiger charge is -2.48. The lowest BCUT2D eigenvalue weighted by molar-refractivity contribution is 0.0697. The van der Waals surface area contributed by atoms with E-state index < -0.39 is 11.6 Å². The molecule has 0 atom stereocenters. The molecule has 4 heterocycles. The zero-order chi connectivity index (χ0) is 28.0. The number of fused-ring (bicyclic) bond motifs is 3. The summed E-state index contributed by atoms with van der Waals surface area (Å²) in [6, 6.07) is 16.8. The fraction of sp³-hybridized carbons (Fsp3) is 0.303. The summed E-state index contributed by atoms with van der Waals surface area (Å²) in [6.45, 7) is 10.9. The molecule has 0 unspecified atom stereocenters. The number of carboxylic acid groups (broad SMARTS) is 1. The summed E-state index contributed by atoms with van der Waals surface area (Å²) in [6.07, 6.45) is 1.94. The van der Waals surface area contributed by atoms with E-state index in [2.05, 4.69) is 38.7 Å². The number of rotatable bonds is 3. The van der Waals surface area contributed by atoms with Gasteiger partial charge in [0.25, 0.3) is 0 Å². The number of anilines is 1. The van der Waals surface area contributed by atoms with Crippen molar-refractivity contribution in [1.82, 2.24) is 4.98 Å². The first-order chi connectivity index (χ1) is 19.1.